The lowest BCUT2D eigenvalue weighted by Gasteiger charge is -2.43. The van der Waals surface area contributed by atoms with Crippen molar-refractivity contribution in [1.29, 1.82) is 0 Å². The van der Waals surface area contributed by atoms with Gasteiger partial charge in [0, 0.05) is 20.1 Å². The molecule has 2 aliphatic heterocycles. The largest absolute Gasteiger partial charge is 0.463 e. The third-order valence-corrected chi connectivity index (χ3v) is 6.09. The average Bonchev–Trinajstić information content (AvgIpc) is 2.84. The second kappa shape index (κ2) is 7.68. The number of benzene rings is 1. The van der Waals surface area contributed by atoms with Crippen LogP contribution in [-0.4, -0.2) is 61.2 Å². The van der Waals surface area contributed by atoms with Gasteiger partial charge in [0.25, 0.3) is 5.91 Å². The molecule has 28 heavy (non-hydrogen) atoms. The summed E-state index contributed by atoms with van der Waals surface area (Å²) < 4.78 is 5.44. The zero-order valence-electron chi connectivity index (χ0n) is 17.7. The number of piperidine rings is 1. The molecule has 0 unspecified atom stereocenters. The van der Waals surface area contributed by atoms with Crippen molar-refractivity contribution >= 4 is 17.4 Å². The first-order valence-electron chi connectivity index (χ1n) is 9.84. The van der Waals surface area contributed by atoms with Crippen LogP contribution in [0.2, 0.25) is 0 Å². The fourth-order valence-corrected chi connectivity index (χ4v) is 4.80. The molecule has 6 nitrogen and oxygen atoms in total. The summed E-state index contributed by atoms with van der Waals surface area (Å²) in [6.45, 7) is 9.40. The lowest BCUT2D eigenvalue weighted by atomic mass is 9.79. The van der Waals surface area contributed by atoms with Crippen LogP contribution >= 0.6 is 0 Å². The summed E-state index contributed by atoms with van der Waals surface area (Å²) in [5.41, 5.74) is 4.35. The van der Waals surface area contributed by atoms with E-state index in [4.69, 9.17) is 9.57 Å². The molecule has 1 aromatic carbocycles. The number of hydrogen-bond acceptors (Lipinski definition) is 5. The lowest BCUT2D eigenvalue weighted by Crippen LogP contribution is -2.54. The number of carbonyl (C=O) groups is 2. The van der Waals surface area contributed by atoms with Crippen molar-refractivity contribution in [3.63, 3.8) is 0 Å². The maximum Gasteiger partial charge on any atom is 0.337 e. The van der Waals surface area contributed by atoms with Crippen LogP contribution in [0.25, 0.3) is 5.57 Å². The van der Waals surface area contributed by atoms with Crippen LogP contribution < -0.4 is 0 Å². The second-order valence-corrected chi connectivity index (χ2v) is 7.75. The Morgan fingerprint density at radius 3 is 2.21 bits per heavy atom. The molecule has 2 aliphatic rings. The molecule has 1 aromatic rings. The van der Waals surface area contributed by atoms with E-state index < -0.39 is 5.54 Å². The van der Waals surface area contributed by atoms with Crippen LogP contribution in [-0.2, 0) is 19.2 Å². The SMILES string of the molecule is CCOC(=O)C1=C(c2c(C)cc(C)cc2C)C(=O)N(C)C12CCN(OC)CC2. The van der Waals surface area contributed by atoms with Gasteiger partial charge in [-0.25, -0.2) is 4.79 Å². The highest BCUT2D eigenvalue weighted by atomic mass is 16.7. The molecule has 1 spiro atoms. The predicted molar refractivity (Wildman–Crippen MR) is 108 cm³/mol. The molecule has 0 aliphatic carbocycles. The fraction of sp³-hybridized carbons (Fsp3) is 0.545. The molecule has 0 aromatic heterocycles. The first kappa shape index (κ1) is 20.6. The van der Waals surface area contributed by atoms with Crippen molar-refractivity contribution in [2.24, 2.45) is 0 Å². The van der Waals surface area contributed by atoms with E-state index in [1.54, 1.807) is 26.0 Å². The van der Waals surface area contributed by atoms with Crippen molar-refractivity contribution in [3.05, 3.63) is 40.0 Å². The standard InChI is InChI=1S/C22H30N2O4/c1-7-28-21(26)19-18(17-15(3)12-14(2)13-16(17)4)20(25)23(5)22(19)8-10-24(27-6)11-9-22/h12-13H,7-11H2,1-6H3. The van der Waals surface area contributed by atoms with E-state index in [2.05, 4.69) is 12.1 Å². The van der Waals surface area contributed by atoms with Crippen molar-refractivity contribution in [1.82, 2.24) is 9.96 Å². The van der Waals surface area contributed by atoms with Gasteiger partial charge in [-0.15, -0.1) is 0 Å². The number of rotatable bonds is 4. The molecule has 2 heterocycles. The molecule has 0 bridgehead atoms. The van der Waals surface area contributed by atoms with Gasteiger partial charge in [-0.1, -0.05) is 17.7 Å². The maximum atomic E-state index is 13.5. The summed E-state index contributed by atoms with van der Waals surface area (Å²) in [7, 11) is 3.45. The van der Waals surface area contributed by atoms with Crippen LogP contribution in [0.3, 0.4) is 0 Å². The normalized spacial score (nSPS) is 19.6. The molecule has 152 valence electrons. The van der Waals surface area contributed by atoms with E-state index in [9.17, 15) is 9.59 Å². The van der Waals surface area contributed by atoms with Crippen LogP contribution in [0.1, 0.15) is 42.0 Å². The van der Waals surface area contributed by atoms with E-state index in [1.807, 2.05) is 25.8 Å². The molecule has 1 saturated heterocycles. The quantitative estimate of drug-likeness (QED) is 0.745. The van der Waals surface area contributed by atoms with E-state index in [0.29, 0.717) is 37.1 Å². The number of nitrogens with zero attached hydrogens (tertiary/aromatic N) is 2. The van der Waals surface area contributed by atoms with E-state index in [1.165, 1.54) is 0 Å². The summed E-state index contributed by atoms with van der Waals surface area (Å²) >= 11 is 0. The number of likely N-dealkylation sites (N-methyl/N-ethyl adjacent to an activating group) is 1. The Bertz CT molecular complexity index is 812. The zero-order chi connectivity index (χ0) is 20.6. The fourth-order valence-electron chi connectivity index (χ4n) is 4.80. The minimum Gasteiger partial charge on any atom is -0.463 e. The van der Waals surface area contributed by atoms with Gasteiger partial charge in [-0.3, -0.25) is 4.79 Å². The van der Waals surface area contributed by atoms with E-state index in [0.717, 1.165) is 22.3 Å². The number of carbonyl (C=O) groups excluding carboxylic acids is 2. The van der Waals surface area contributed by atoms with E-state index in [-0.39, 0.29) is 18.5 Å². The smallest absolute Gasteiger partial charge is 0.337 e. The molecule has 0 N–H and O–H groups in total. The minimum absolute atomic E-state index is 0.107. The van der Waals surface area contributed by atoms with Crippen molar-refractivity contribution in [2.45, 2.75) is 46.1 Å². The van der Waals surface area contributed by atoms with Gasteiger partial charge in [-0.05, 0) is 57.2 Å². The van der Waals surface area contributed by atoms with Crippen molar-refractivity contribution < 1.29 is 19.2 Å². The summed E-state index contributed by atoms with van der Waals surface area (Å²) in [6, 6.07) is 4.12. The van der Waals surface area contributed by atoms with Gasteiger partial charge < -0.3 is 14.5 Å². The molecule has 1 amide bonds. The highest BCUT2D eigenvalue weighted by Gasteiger charge is 2.54. The number of ether oxygens (including phenoxy) is 1. The molecular formula is C22H30N2O4. The Kier molecular flexibility index (Phi) is 5.64. The second-order valence-electron chi connectivity index (χ2n) is 7.75. The molecule has 3 rings (SSSR count). The summed E-state index contributed by atoms with van der Waals surface area (Å²) in [6.07, 6.45) is 1.26. The molecule has 0 saturated carbocycles. The lowest BCUT2D eigenvalue weighted by molar-refractivity contribution is -0.162. The Balaban J connectivity index is 2.24. The first-order valence-corrected chi connectivity index (χ1v) is 9.84. The van der Waals surface area contributed by atoms with Gasteiger partial charge >= 0.3 is 5.97 Å². The minimum atomic E-state index is -0.655. The Morgan fingerprint density at radius 2 is 1.71 bits per heavy atom. The van der Waals surface area contributed by atoms with Crippen LogP contribution in [0, 0.1) is 20.8 Å². The first-order chi connectivity index (χ1) is 13.3. The predicted octanol–water partition coefficient (Wildman–Crippen LogP) is 2.80. The monoisotopic (exact) mass is 386 g/mol. The topological polar surface area (TPSA) is 59.1 Å². The van der Waals surface area contributed by atoms with Gasteiger partial charge in [0.2, 0.25) is 0 Å². The average molecular weight is 386 g/mol. The number of hydroxylamine groups is 2. The van der Waals surface area contributed by atoms with E-state index >= 15 is 0 Å². The summed E-state index contributed by atoms with van der Waals surface area (Å²) in [5, 5.41) is 1.87. The van der Waals surface area contributed by atoms with Gasteiger partial charge in [0.1, 0.15) is 0 Å². The highest BCUT2D eigenvalue weighted by Crippen LogP contribution is 2.47. The highest BCUT2D eigenvalue weighted by molar-refractivity contribution is 6.29. The van der Waals surface area contributed by atoms with Crippen molar-refractivity contribution in [2.75, 3.05) is 33.9 Å². The third kappa shape index (κ3) is 3.14. The molecule has 0 radical (unpaired) electrons. The number of esters is 1. The Labute approximate surface area is 167 Å². The molecule has 1 fully saturated rings. The van der Waals surface area contributed by atoms with Gasteiger partial charge in [0.15, 0.2) is 0 Å². The zero-order valence-corrected chi connectivity index (χ0v) is 17.7. The van der Waals surface area contributed by atoms with Gasteiger partial charge in [-0.2, -0.15) is 5.06 Å². The third-order valence-electron chi connectivity index (χ3n) is 6.09. The maximum absolute atomic E-state index is 13.5. The number of aryl methyl sites for hydroxylation is 3. The van der Waals surface area contributed by atoms with Crippen LogP contribution in [0.15, 0.2) is 17.7 Å². The Hall–Kier alpha value is -2.18. The Morgan fingerprint density at radius 1 is 1.14 bits per heavy atom. The molecule has 0 atom stereocenters. The number of amides is 1. The van der Waals surface area contributed by atoms with Crippen LogP contribution in [0.4, 0.5) is 0 Å². The molecular weight excluding hydrogens is 356 g/mol. The number of hydrogen-bond donors (Lipinski definition) is 0. The van der Waals surface area contributed by atoms with Gasteiger partial charge in [0.05, 0.1) is 30.4 Å². The molecule has 6 heteroatoms. The van der Waals surface area contributed by atoms with Crippen molar-refractivity contribution in [3.8, 4) is 0 Å². The summed E-state index contributed by atoms with van der Waals surface area (Å²) in [4.78, 5) is 33.7. The van der Waals surface area contributed by atoms with Crippen LogP contribution in [0.5, 0.6) is 0 Å². The summed E-state index contributed by atoms with van der Waals surface area (Å²) in [5.74, 6) is -0.496.